The van der Waals surface area contributed by atoms with Gasteiger partial charge in [0.25, 0.3) is 26.0 Å². The van der Waals surface area contributed by atoms with Gasteiger partial charge in [-0.25, -0.2) is 26.3 Å². The summed E-state index contributed by atoms with van der Waals surface area (Å²) in [5.41, 5.74) is -0.513. The number of amides is 3. The van der Waals surface area contributed by atoms with Crippen molar-refractivity contribution in [3.05, 3.63) is 115 Å². The van der Waals surface area contributed by atoms with E-state index in [9.17, 15) is 31.2 Å². The minimum absolute atomic E-state index is 0.000189. The monoisotopic (exact) mass is 720 g/mol. The first-order chi connectivity index (χ1) is 23.1. The standard InChI is InChI=1S/C19H20N2O4S2.C16H16N2O3S/c1-3-14-11-19(14,2)18(23)21-27(24,25)16-10-9-15(26-16)12-20-17(22)13-7-5-4-6-8-13;1-3-12-10-16(12,2)15(19)18-22(20,21)13-8-4-6-11-7-5-9-17-14(11)13/h3-10,14H,1,11-12H2,2H3,(H,20,22)(H,21,23);3-9,12H,1,10H2,2H3,(H,18,19)/t14-,19+;12-,16+/m11/s1. The van der Waals surface area contributed by atoms with E-state index in [4.69, 9.17) is 0 Å². The molecular formula is C35H36N4O7S3. The zero-order chi connectivity index (χ0) is 35.6. The van der Waals surface area contributed by atoms with Gasteiger partial charge in [0.2, 0.25) is 11.8 Å². The molecule has 49 heavy (non-hydrogen) atoms. The Labute approximate surface area is 289 Å². The number of carbonyl (C=O) groups excluding carboxylic acids is 3. The van der Waals surface area contributed by atoms with Crippen LogP contribution in [-0.4, -0.2) is 39.5 Å². The van der Waals surface area contributed by atoms with E-state index in [0.717, 1.165) is 11.3 Å². The molecule has 4 atom stereocenters. The number of allylic oxidation sites excluding steroid dienone is 2. The average molecular weight is 721 g/mol. The van der Waals surface area contributed by atoms with Crippen LogP contribution < -0.4 is 14.8 Å². The van der Waals surface area contributed by atoms with E-state index >= 15 is 0 Å². The van der Waals surface area contributed by atoms with E-state index < -0.39 is 42.7 Å². The van der Waals surface area contributed by atoms with E-state index in [-0.39, 0.29) is 33.4 Å². The van der Waals surface area contributed by atoms with E-state index in [1.807, 2.05) is 6.07 Å². The lowest BCUT2D eigenvalue weighted by Crippen LogP contribution is -2.36. The lowest BCUT2D eigenvalue weighted by molar-refractivity contribution is -0.125. The van der Waals surface area contributed by atoms with Crippen LogP contribution in [0.15, 0.2) is 113 Å². The second-order valence-corrected chi connectivity index (χ2v) is 17.1. The van der Waals surface area contributed by atoms with Gasteiger partial charge >= 0.3 is 0 Å². The molecule has 3 amide bonds. The Morgan fingerprint density at radius 2 is 1.41 bits per heavy atom. The van der Waals surface area contributed by atoms with E-state index in [2.05, 4.69) is 32.9 Å². The molecule has 4 aromatic rings. The predicted octanol–water partition coefficient (Wildman–Crippen LogP) is 4.95. The Morgan fingerprint density at radius 1 is 0.816 bits per heavy atom. The fourth-order valence-electron chi connectivity index (χ4n) is 5.34. The molecule has 2 aromatic carbocycles. The van der Waals surface area contributed by atoms with Crippen molar-refractivity contribution in [2.45, 2.75) is 42.3 Å². The molecule has 0 spiro atoms. The maximum Gasteiger partial charge on any atom is 0.273 e. The van der Waals surface area contributed by atoms with Gasteiger partial charge in [0.05, 0.1) is 22.9 Å². The number of hydrogen-bond donors (Lipinski definition) is 3. The molecule has 3 N–H and O–H groups in total. The van der Waals surface area contributed by atoms with Gasteiger partial charge in [0, 0.05) is 22.0 Å². The van der Waals surface area contributed by atoms with Crippen LogP contribution in [0.2, 0.25) is 0 Å². The van der Waals surface area contributed by atoms with Crippen LogP contribution in [0.4, 0.5) is 0 Å². The molecule has 2 aromatic heterocycles. The Bertz CT molecular complexity index is 2160. The zero-order valence-electron chi connectivity index (χ0n) is 26.9. The van der Waals surface area contributed by atoms with Crippen molar-refractivity contribution in [2.24, 2.45) is 22.7 Å². The summed E-state index contributed by atoms with van der Waals surface area (Å²) in [6, 6.07) is 20.2. The Morgan fingerprint density at radius 3 is 2.00 bits per heavy atom. The number of hydrogen-bond acceptors (Lipinski definition) is 9. The molecule has 14 heteroatoms. The van der Waals surface area contributed by atoms with Gasteiger partial charge in [-0.3, -0.25) is 19.4 Å². The van der Waals surface area contributed by atoms with Crippen molar-refractivity contribution >= 4 is 60.0 Å². The summed E-state index contributed by atoms with van der Waals surface area (Å²) in [6.07, 6.45) is 6.10. The molecule has 6 rings (SSSR count). The van der Waals surface area contributed by atoms with Gasteiger partial charge in [-0.05, 0) is 61.1 Å². The topological polar surface area (TPSA) is 168 Å². The second-order valence-electron chi connectivity index (χ2n) is 12.4. The Hall–Kier alpha value is -4.66. The molecule has 0 unspecified atom stereocenters. The maximum absolute atomic E-state index is 12.5. The quantitative estimate of drug-likeness (QED) is 0.183. The molecule has 0 radical (unpaired) electrons. The third kappa shape index (κ3) is 7.66. The van der Waals surface area contributed by atoms with Gasteiger partial charge in [-0.1, -0.05) is 62.4 Å². The number of benzene rings is 2. The van der Waals surface area contributed by atoms with Crippen LogP contribution >= 0.6 is 11.3 Å². The summed E-state index contributed by atoms with van der Waals surface area (Å²) in [5.74, 6) is -1.22. The zero-order valence-corrected chi connectivity index (χ0v) is 29.3. The summed E-state index contributed by atoms with van der Waals surface area (Å²) < 4.78 is 54.3. The lowest BCUT2D eigenvalue weighted by Gasteiger charge is -2.13. The molecule has 2 heterocycles. The highest BCUT2D eigenvalue weighted by atomic mass is 32.2. The number of thiophene rings is 1. The number of fused-ring (bicyclic) bond motifs is 1. The molecular weight excluding hydrogens is 685 g/mol. The Balaban J connectivity index is 0.000000195. The summed E-state index contributed by atoms with van der Waals surface area (Å²) in [6.45, 7) is 11.0. The number of sulfonamides is 2. The van der Waals surface area contributed by atoms with Crippen LogP contribution in [0.5, 0.6) is 0 Å². The predicted molar refractivity (Wildman–Crippen MR) is 187 cm³/mol. The van der Waals surface area contributed by atoms with E-state index in [1.54, 1.807) is 80.6 Å². The van der Waals surface area contributed by atoms with Gasteiger partial charge in [-0.2, -0.15) is 0 Å². The molecule has 256 valence electrons. The minimum atomic E-state index is -3.96. The lowest BCUT2D eigenvalue weighted by atomic mass is 10.1. The number of pyridine rings is 1. The normalized spacial score (nSPS) is 22.5. The van der Waals surface area contributed by atoms with Gasteiger partial charge in [0.1, 0.15) is 9.10 Å². The summed E-state index contributed by atoms with van der Waals surface area (Å²) in [7, 11) is -7.89. The molecule has 0 aliphatic heterocycles. The van der Waals surface area contributed by atoms with Crippen LogP contribution in [0, 0.1) is 22.7 Å². The molecule has 2 saturated carbocycles. The summed E-state index contributed by atoms with van der Waals surface area (Å²) in [5, 5.41) is 3.45. The molecule has 2 aliphatic carbocycles. The summed E-state index contributed by atoms with van der Waals surface area (Å²) in [4.78, 5) is 41.4. The number of rotatable bonds is 11. The third-order valence-electron chi connectivity index (χ3n) is 8.91. The highest BCUT2D eigenvalue weighted by Gasteiger charge is 2.56. The fraction of sp³-hybridized carbons (Fsp3) is 0.257. The molecule has 0 saturated heterocycles. The van der Waals surface area contributed by atoms with Crippen LogP contribution in [0.3, 0.4) is 0 Å². The molecule has 2 fully saturated rings. The van der Waals surface area contributed by atoms with Crippen molar-refractivity contribution in [1.82, 2.24) is 19.7 Å². The van der Waals surface area contributed by atoms with Crippen molar-refractivity contribution in [3.8, 4) is 0 Å². The van der Waals surface area contributed by atoms with Crippen LogP contribution in [0.25, 0.3) is 10.9 Å². The first-order valence-electron chi connectivity index (χ1n) is 15.3. The molecule has 11 nitrogen and oxygen atoms in total. The average Bonchev–Trinajstić information content (AvgIpc) is 3.90. The van der Waals surface area contributed by atoms with Crippen molar-refractivity contribution in [2.75, 3.05) is 0 Å². The number of nitrogens with one attached hydrogen (secondary N) is 3. The summed E-state index contributed by atoms with van der Waals surface area (Å²) >= 11 is 1.02. The second kappa shape index (κ2) is 13.7. The first-order valence-corrected chi connectivity index (χ1v) is 19.1. The Kier molecular flexibility index (Phi) is 9.96. The molecule has 2 aliphatic rings. The van der Waals surface area contributed by atoms with Gasteiger partial charge < -0.3 is 5.32 Å². The highest BCUT2D eigenvalue weighted by molar-refractivity contribution is 7.92. The van der Waals surface area contributed by atoms with E-state index in [1.165, 1.54) is 18.3 Å². The smallest absolute Gasteiger partial charge is 0.273 e. The number of para-hydroxylation sites is 1. The maximum atomic E-state index is 12.5. The van der Waals surface area contributed by atoms with Crippen molar-refractivity contribution in [3.63, 3.8) is 0 Å². The minimum Gasteiger partial charge on any atom is -0.347 e. The van der Waals surface area contributed by atoms with Gasteiger partial charge in [0.15, 0.2) is 0 Å². The van der Waals surface area contributed by atoms with Crippen LogP contribution in [0.1, 0.15) is 41.9 Å². The highest BCUT2D eigenvalue weighted by Crippen LogP contribution is 2.53. The van der Waals surface area contributed by atoms with Gasteiger partial charge in [-0.15, -0.1) is 24.5 Å². The van der Waals surface area contributed by atoms with Crippen LogP contribution in [-0.2, 0) is 36.2 Å². The fourth-order valence-corrected chi connectivity index (χ4v) is 8.99. The molecule has 0 bridgehead atoms. The largest absolute Gasteiger partial charge is 0.347 e. The number of nitrogens with zero attached hydrogens (tertiary/aromatic N) is 1. The first kappa shape index (κ1) is 35.6. The van der Waals surface area contributed by atoms with Crippen molar-refractivity contribution < 1.29 is 31.2 Å². The third-order valence-corrected chi connectivity index (χ3v) is 13.2. The number of carbonyl (C=O) groups is 3. The number of aromatic nitrogens is 1. The van der Waals surface area contributed by atoms with Crippen molar-refractivity contribution in [1.29, 1.82) is 0 Å². The SMILES string of the molecule is C=C[C@@H]1C[C@]1(C)C(=O)NS(=O)(=O)c1ccc(CNC(=O)c2ccccc2)s1.C=C[C@@H]1C[C@]1(C)C(=O)NS(=O)(=O)c1cccc2cccnc12. The van der Waals surface area contributed by atoms with E-state index in [0.29, 0.717) is 34.2 Å².